The maximum atomic E-state index is 11.9. The predicted octanol–water partition coefficient (Wildman–Crippen LogP) is -0.929. The second-order valence-corrected chi connectivity index (χ2v) is 4.89. The van der Waals surface area contributed by atoms with Gasteiger partial charge in [-0.1, -0.05) is 12.2 Å². The lowest BCUT2D eigenvalue weighted by molar-refractivity contribution is -0.116. The second kappa shape index (κ2) is 7.95. The number of aliphatic imine (C=N–C) groups is 1. The molecule has 122 valence electrons. The highest BCUT2D eigenvalue weighted by molar-refractivity contribution is 6.13. The van der Waals surface area contributed by atoms with Gasteiger partial charge in [-0.25, -0.2) is 4.99 Å². The Balaban J connectivity index is 2.12. The molecule has 2 aliphatic rings. The average molecular weight is 315 g/mol. The first-order valence-corrected chi connectivity index (χ1v) is 7.26. The zero-order chi connectivity index (χ0) is 16.7. The number of rotatable bonds is 6. The summed E-state index contributed by atoms with van der Waals surface area (Å²) >= 11 is 0. The number of amidine groups is 1. The van der Waals surface area contributed by atoms with Crippen LogP contribution in [0.4, 0.5) is 0 Å². The van der Waals surface area contributed by atoms with Crippen LogP contribution in [0, 0.1) is 5.41 Å². The molecule has 0 fully saturated rings. The van der Waals surface area contributed by atoms with E-state index in [-0.39, 0.29) is 11.7 Å². The Morgan fingerprint density at radius 3 is 2.87 bits per heavy atom. The predicted molar refractivity (Wildman–Crippen MR) is 90.8 cm³/mol. The van der Waals surface area contributed by atoms with Crippen LogP contribution >= 0.6 is 0 Å². The molecule has 1 amide bonds. The lowest BCUT2D eigenvalue weighted by Crippen LogP contribution is -2.34. The highest BCUT2D eigenvalue weighted by Crippen LogP contribution is 2.16. The van der Waals surface area contributed by atoms with E-state index in [1.165, 1.54) is 6.21 Å². The van der Waals surface area contributed by atoms with E-state index in [0.717, 1.165) is 5.70 Å². The van der Waals surface area contributed by atoms with Gasteiger partial charge in [-0.05, 0) is 13.1 Å². The van der Waals surface area contributed by atoms with E-state index in [0.29, 0.717) is 36.6 Å². The Bertz CT molecular complexity index is 640. The summed E-state index contributed by atoms with van der Waals surface area (Å²) in [5.41, 5.74) is 7.28. The molecular formula is C15H21N7O. The minimum absolute atomic E-state index is 0.103. The molecule has 0 atom stereocenters. The minimum Gasteiger partial charge on any atom is -0.384 e. The number of hydrogen-bond donors (Lipinski definition) is 6. The number of dihydropyridines is 1. The molecule has 0 saturated heterocycles. The number of allylic oxidation sites excluding steroid dienone is 2. The van der Waals surface area contributed by atoms with Crippen molar-refractivity contribution in [1.82, 2.24) is 21.3 Å². The van der Waals surface area contributed by atoms with Gasteiger partial charge in [0.05, 0.1) is 11.1 Å². The molecule has 8 nitrogen and oxygen atoms in total. The van der Waals surface area contributed by atoms with E-state index < -0.39 is 0 Å². The number of likely N-dealkylation sites (N-methyl/N-ethyl adjacent to an activating group) is 1. The molecule has 0 aromatic carbocycles. The first-order chi connectivity index (χ1) is 11.1. The standard InChI is InChI=1S/C15H21N7O/c1-18-6-7-20-15(23)10-8-21-14(22-9-10)12(13(16)17)11-4-2-3-5-19-11/h2-4,8-9,18-19,21H,5-7H2,1H3,(H3,16,17)(H,20,23)/b14-12+. The van der Waals surface area contributed by atoms with Crippen LogP contribution in [0.2, 0.25) is 0 Å². The van der Waals surface area contributed by atoms with E-state index in [4.69, 9.17) is 11.1 Å². The molecule has 0 unspecified atom stereocenters. The zero-order valence-corrected chi connectivity index (χ0v) is 12.9. The molecule has 23 heavy (non-hydrogen) atoms. The van der Waals surface area contributed by atoms with E-state index in [9.17, 15) is 4.79 Å². The summed E-state index contributed by atoms with van der Waals surface area (Å²) in [7, 11) is 1.82. The van der Waals surface area contributed by atoms with Crippen molar-refractivity contribution in [2.45, 2.75) is 0 Å². The molecule has 8 heteroatoms. The molecule has 2 aliphatic heterocycles. The van der Waals surface area contributed by atoms with Gasteiger partial charge in [0.25, 0.3) is 5.91 Å². The Morgan fingerprint density at radius 1 is 1.48 bits per heavy atom. The van der Waals surface area contributed by atoms with Crippen molar-refractivity contribution in [3.63, 3.8) is 0 Å². The quantitative estimate of drug-likeness (QED) is 0.214. The maximum absolute atomic E-state index is 11.9. The topological polar surface area (TPSA) is 127 Å². The number of nitrogens with two attached hydrogens (primary N) is 1. The number of carbonyl (C=O) groups excluding carboxylic acids is 1. The molecule has 0 spiro atoms. The summed E-state index contributed by atoms with van der Waals surface area (Å²) < 4.78 is 0. The monoisotopic (exact) mass is 315 g/mol. The molecule has 0 saturated carbocycles. The molecule has 7 N–H and O–H groups in total. The van der Waals surface area contributed by atoms with E-state index in [1.54, 1.807) is 6.20 Å². The van der Waals surface area contributed by atoms with Gasteiger partial charge in [-0.15, -0.1) is 0 Å². The van der Waals surface area contributed by atoms with Crippen molar-refractivity contribution in [2.75, 3.05) is 26.7 Å². The fourth-order valence-corrected chi connectivity index (χ4v) is 2.05. The Kier molecular flexibility index (Phi) is 5.70. The molecule has 0 bridgehead atoms. The van der Waals surface area contributed by atoms with Crippen molar-refractivity contribution in [3.8, 4) is 0 Å². The summed E-state index contributed by atoms with van der Waals surface area (Å²) in [6.07, 6.45) is 8.69. The van der Waals surface area contributed by atoms with E-state index in [1.807, 2.05) is 25.3 Å². The Morgan fingerprint density at radius 2 is 2.30 bits per heavy atom. The van der Waals surface area contributed by atoms with Gasteiger partial charge in [0.1, 0.15) is 11.7 Å². The fraction of sp³-hybridized carbons (Fsp3) is 0.267. The summed E-state index contributed by atoms with van der Waals surface area (Å²) in [6.45, 7) is 1.89. The van der Waals surface area contributed by atoms with Gasteiger partial charge in [0, 0.05) is 37.7 Å². The molecule has 0 aromatic heterocycles. The van der Waals surface area contributed by atoms with Gasteiger partial charge in [0.2, 0.25) is 0 Å². The third-order valence-corrected chi connectivity index (χ3v) is 3.20. The SMILES string of the molecule is CNCCNC(=O)C1=CN/C(=C(\C(=N)N)C2=CC=CCN2)N=C1. The molecular weight excluding hydrogens is 294 g/mol. The summed E-state index contributed by atoms with van der Waals surface area (Å²) in [5.74, 6) is 0.116. The van der Waals surface area contributed by atoms with Crippen LogP contribution in [-0.2, 0) is 4.79 Å². The van der Waals surface area contributed by atoms with Crippen LogP contribution in [0.3, 0.4) is 0 Å². The van der Waals surface area contributed by atoms with Gasteiger partial charge >= 0.3 is 0 Å². The van der Waals surface area contributed by atoms with Crippen LogP contribution in [0.5, 0.6) is 0 Å². The molecule has 0 aliphatic carbocycles. The molecule has 2 heterocycles. The van der Waals surface area contributed by atoms with E-state index >= 15 is 0 Å². The van der Waals surface area contributed by atoms with Crippen LogP contribution in [0.1, 0.15) is 0 Å². The third kappa shape index (κ3) is 4.30. The summed E-state index contributed by atoms with van der Waals surface area (Å²) in [6, 6.07) is 0. The summed E-state index contributed by atoms with van der Waals surface area (Å²) in [4.78, 5) is 16.2. The smallest absolute Gasteiger partial charge is 0.254 e. The van der Waals surface area contributed by atoms with Gasteiger partial charge < -0.3 is 27.0 Å². The number of carbonyl (C=O) groups is 1. The Labute approximate surface area is 134 Å². The first-order valence-electron chi connectivity index (χ1n) is 7.26. The molecule has 0 radical (unpaired) electrons. The molecule has 0 aromatic rings. The number of hydrogen-bond acceptors (Lipinski definition) is 6. The second-order valence-electron chi connectivity index (χ2n) is 4.89. The third-order valence-electron chi connectivity index (χ3n) is 3.20. The Hall–Kier alpha value is -2.87. The van der Waals surface area contributed by atoms with Crippen LogP contribution in [-0.4, -0.2) is 44.6 Å². The number of amides is 1. The lowest BCUT2D eigenvalue weighted by atomic mass is 10.1. The largest absolute Gasteiger partial charge is 0.384 e. The van der Waals surface area contributed by atoms with Crippen molar-refractivity contribution in [1.29, 1.82) is 5.41 Å². The van der Waals surface area contributed by atoms with Crippen molar-refractivity contribution >= 4 is 18.0 Å². The zero-order valence-electron chi connectivity index (χ0n) is 12.9. The van der Waals surface area contributed by atoms with Crippen molar-refractivity contribution < 1.29 is 4.79 Å². The lowest BCUT2D eigenvalue weighted by Gasteiger charge is -2.19. The van der Waals surface area contributed by atoms with Gasteiger partial charge in [0.15, 0.2) is 0 Å². The average Bonchev–Trinajstić information content (AvgIpc) is 2.56. The first kappa shape index (κ1) is 16.5. The number of nitrogens with zero attached hydrogens (tertiary/aromatic N) is 1. The minimum atomic E-state index is -0.210. The van der Waals surface area contributed by atoms with Crippen LogP contribution < -0.4 is 27.0 Å². The van der Waals surface area contributed by atoms with Crippen LogP contribution in [0.15, 0.2) is 52.1 Å². The summed E-state index contributed by atoms with van der Waals surface area (Å²) in [5, 5.41) is 19.6. The van der Waals surface area contributed by atoms with E-state index in [2.05, 4.69) is 26.3 Å². The normalized spacial score (nSPS) is 18.3. The number of nitrogens with one attached hydrogen (secondary N) is 5. The van der Waals surface area contributed by atoms with Crippen molar-refractivity contribution in [2.24, 2.45) is 10.7 Å². The highest BCUT2D eigenvalue weighted by atomic mass is 16.1. The molecule has 2 rings (SSSR count). The van der Waals surface area contributed by atoms with Gasteiger partial charge in [-0.3, -0.25) is 10.2 Å². The fourth-order valence-electron chi connectivity index (χ4n) is 2.05. The maximum Gasteiger partial charge on any atom is 0.254 e. The van der Waals surface area contributed by atoms with Gasteiger partial charge in [-0.2, -0.15) is 0 Å². The highest BCUT2D eigenvalue weighted by Gasteiger charge is 2.18. The van der Waals surface area contributed by atoms with Crippen LogP contribution in [0.25, 0.3) is 0 Å². The van der Waals surface area contributed by atoms with Crippen molar-refractivity contribution in [3.05, 3.63) is 47.1 Å².